The molecule has 9 heteroatoms. The van der Waals surface area contributed by atoms with E-state index in [1.165, 1.54) is 29.5 Å². The van der Waals surface area contributed by atoms with Gasteiger partial charge in [-0.3, -0.25) is 14.4 Å². The second kappa shape index (κ2) is 7.39. The summed E-state index contributed by atoms with van der Waals surface area (Å²) in [7, 11) is 0. The topological polar surface area (TPSA) is 100 Å². The quantitative estimate of drug-likeness (QED) is 0.753. The van der Waals surface area contributed by atoms with Crippen LogP contribution in [0.2, 0.25) is 0 Å². The van der Waals surface area contributed by atoms with Crippen LogP contribution in [0.15, 0.2) is 29.6 Å². The number of thiazole rings is 1. The van der Waals surface area contributed by atoms with E-state index >= 15 is 0 Å². The molecule has 1 aliphatic heterocycles. The summed E-state index contributed by atoms with van der Waals surface area (Å²) in [6.07, 6.45) is 0.795. The Bertz CT molecular complexity index is 823. The average Bonchev–Trinajstić information content (AvgIpc) is 3.16. The Hall–Kier alpha value is -2.81. The molecule has 130 valence electrons. The molecule has 25 heavy (non-hydrogen) atoms. The van der Waals surface area contributed by atoms with Gasteiger partial charge in [-0.1, -0.05) is 6.07 Å². The van der Waals surface area contributed by atoms with Crippen molar-refractivity contribution >= 4 is 39.9 Å². The number of benzene rings is 1. The third kappa shape index (κ3) is 4.60. The number of halogens is 1. The fourth-order valence-electron chi connectivity index (χ4n) is 2.38. The van der Waals surface area contributed by atoms with Crippen LogP contribution >= 0.6 is 11.3 Å². The number of hydrogen-bond donors (Lipinski definition) is 3. The van der Waals surface area contributed by atoms with E-state index in [1.54, 1.807) is 11.4 Å². The number of amides is 3. The number of nitrogens with zero attached hydrogens (tertiary/aromatic N) is 1. The molecule has 0 bridgehead atoms. The highest BCUT2D eigenvalue weighted by Crippen LogP contribution is 2.18. The van der Waals surface area contributed by atoms with Gasteiger partial charge >= 0.3 is 0 Å². The smallest absolute Gasteiger partial charge is 0.248 e. The molecule has 0 saturated carbocycles. The summed E-state index contributed by atoms with van der Waals surface area (Å²) in [6.45, 7) is 0. The second-order valence-electron chi connectivity index (χ2n) is 5.53. The molecule has 0 spiro atoms. The first-order valence-electron chi connectivity index (χ1n) is 7.59. The van der Waals surface area contributed by atoms with Crippen LogP contribution in [0.25, 0.3) is 0 Å². The molecular weight excluding hydrogens is 347 g/mol. The fraction of sp³-hybridized carbons (Fsp3) is 0.250. The maximum Gasteiger partial charge on any atom is 0.248 e. The maximum absolute atomic E-state index is 13.1. The lowest BCUT2D eigenvalue weighted by Gasteiger charge is -2.08. The van der Waals surface area contributed by atoms with Gasteiger partial charge in [0.1, 0.15) is 11.9 Å². The van der Waals surface area contributed by atoms with Crippen molar-refractivity contribution < 1.29 is 18.8 Å². The molecule has 1 fully saturated rings. The molecular formula is C16H15FN4O3S. The van der Waals surface area contributed by atoms with Crippen LogP contribution in [-0.4, -0.2) is 28.7 Å². The Kier molecular flexibility index (Phi) is 5.03. The van der Waals surface area contributed by atoms with Crippen molar-refractivity contribution in [3.8, 4) is 0 Å². The average molecular weight is 362 g/mol. The molecule has 0 radical (unpaired) electrons. The molecule has 3 amide bonds. The van der Waals surface area contributed by atoms with E-state index in [0.717, 1.165) is 0 Å². The lowest BCUT2D eigenvalue weighted by atomic mass is 10.2. The van der Waals surface area contributed by atoms with E-state index in [9.17, 15) is 18.8 Å². The number of anilines is 2. The molecule has 7 nitrogen and oxygen atoms in total. The van der Waals surface area contributed by atoms with Crippen LogP contribution in [0.1, 0.15) is 18.5 Å². The zero-order chi connectivity index (χ0) is 17.8. The van der Waals surface area contributed by atoms with Gasteiger partial charge in [0.15, 0.2) is 5.13 Å². The normalized spacial score (nSPS) is 16.4. The summed E-state index contributed by atoms with van der Waals surface area (Å²) < 4.78 is 13.1. The first-order chi connectivity index (χ1) is 12.0. The van der Waals surface area contributed by atoms with Crippen LogP contribution < -0.4 is 16.0 Å². The monoisotopic (exact) mass is 362 g/mol. The highest BCUT2D eigenvalue weighted by atomic mass is 32.1. The number of nitrogens with one attached hydrogen (secondary N) is 3. The number of carbonyl (C=O) groups excluding carboxylic acids is 3. The summed E-state index contributed by atoms with van der Waals surface area (Å²) in [4.78, 5) is 39.3. The molecule has 1 aromatic carbocycles. The third-order valence-corrected chi connectivity index (χ3v) is 4.35. The maximum atomic E-state index is 13.1. The lowest BCUT2D eigenvalue weighted by molar-refractivity contribution is -0.122. The van der Waals surface area contributed by atoms with Crippen molar-refractivity contribution in [2.24, 2.45) is 0 Å². The molecule has 2 heterocycles. The zero-order valence-electron chi connectivity index (χ0n) is 13.0. The standard InChI is InChI=1S/C16H15FN4O3S/c17-9-2-1-3-10(6-9)18-14(23)7-11-8-25-16(19-11)21-15(24)12-4-5-13(22)20-12/h1-3,6,8,12H,4-5,7H2,(H,18,23)(H,20,22)(H,19,21,24). The highest BCUT2D eigenvalue weighted by Gasteiger charge is 2.27. The van der Waals surface area contributed by atoms with Crippen molar-refractivity contribution in [3.63, 3.8) is 0 Å². The SMILES string of the molecule is O=C(Cc1csc(NC(=O)C2CCC(=O)N2)n1)Nc1cccc(F)c1. The van der Waals surface area contributed by atoms with Gasteiger partial charge in [-0.25, -0.2) is 9.37 Å². The predicted octanol–water partition coefficient (Wildman–Crippen LogP) is 1.68. The van der Waals surface area contributed by atoms with Gasteiger partial charge in [0, 0.05) is 17.5 Å². The highest BCUT2D eigenvalue weighted by molar-refractivity contribution is 7.13. The minimum Gasteiger partial charge on any atom is -0.344 e. The Balaban J connectivity index is 1.53. The Labute approximate surface area is 146 Å². The van der Waals surface area contributed by atoms with E-state index < -0.39 is 11.9 Å². The minimum atomic E-state index is -0.545. The number of hydrogen-bond acceptors (Lipinski definition) is 5. The number of aromatic nitrogens is 1. The fourth-order valence-corrected chi connectivity index (χ4v) is 3.10. The summed E-state index contributed by atoms with van der Waals surface area (Å²) in [6, 6.07) is 5.06. The lowest BCUT2D eigenvalue weighted by Crippen LogP contribution is -2.37. The number of rotatable bonds is 5. The van der Waals surface area contributed by atoms with E-state index in [1.807, 2.05) is 0 Å². The van der Waals surface area contributed by atoms with Crippen LogP contribution in [0.4, 0.5) is 15.2 Å². The molecule has 1 saturated heterocycles. The van der Waals surface area contributed by atoms with Gasteiger partial charge in [0.2, 0.25) is 17.7 Å². The van der Waals surface area contributed by atoms with Crippen molar-refractivity contribution in [1.29, 1.82) is 0 Å². The molecule has 0 aliphatic carbocycles. The van der Waals surface area contributed by atoms with Crippen molar-refractivity contribution in [3.05, 3.63) is 41.2 Å². The van der Waals surface area contributed by atoms with Crippen LogP contribution in [-0.2, 0) is 20.8 Å². The second-order valence-corrected chi connectivity index (χ2v) is 6.39. The van der Waals surface area contributed by atoms with Crippen LogP contribution in [0, 0.1) is 5.82 Å². The van der Waals surface area contributed by atoms with Gasteiger partial charge in [0.25, 0.3) is 0 Å². The van der Waals surface area contributed by atoms with Crippen molar-refractivity contribution in [2.75, 3.05) is 10.6 Å². The van der Waals surface area contributed by atoms with Gasteiger partial charge in [-0.05, 0) is 24.6 Å². The van der Waals surface area contributed by atoms with Crippen LogP contribution in [0.3, 0.4) is 0 Å². The third-order valence-electron chi connectivity index (χ3n) is 3.54. The van der Waals surface area contributed by atoms with Gasteiger partial charge in [0.05, 0.1) is 12.1 Å². The zero-order valence-corrected chi connectivity index (χ0v) is 13.9. The minimum absolute atomic E-state index is 0.00302. The van der Waals surface area contributed by atoms with E-state index in [4.69, 9.17) is 0 Å². The predicted molar refractivity (Wildman–Crippen MR) is 90.6 cm³/mol. The first kappa shape index (κ1) is 17.0. The van der Waals surface area contributed by atoms with Crippen molar-refractivity contribution in [2.45, 2.75) is 25.3 Å². The van der Waals surface area contributed by atoms with E-state index in [2.05, 4.69) is 20.9 Å². The summed E-state index contributed by atoms with van der Waals surface area (Å²) in [5.41, 5.74) is 0.857. The largest absolute Gasteiger partial charge is 0.344 e. The Morgan fingerprint density at radius 2 is 2.20 bits per heavy atom. The van der Waals surface area contributed by atoms with Gasteiger partial charge < -0.3 is 16.0 Å². The van der Waals surface area contributed by atoms with E-state index in [0.29, 0.717) is 29.4 Å². The van der Waals surface area contributed by atoms with Gasteiger partial charge in [-0.2, -0.15) is 0 Å². The number of carbonyl (C=O) groups is 3. The molecule has 2 aromatic rings. The molecule has 1 aromatic heterocycles. The summed E-state index contributed by atoms with van der Waals surface area (Å²) in [5, 5.41) is 9.81. The summed E-state index contributed by atoms with van der Waals surface area (Å²) in [5.74, 6) is -1.24. The molecule has 1 aliphatic rings. The first-order valence-corrected chi connectivity index (χ1v) is 8.47. The molecule has 3 N–H and O–H groups in total. The van der Waals surface area contributed by atoms with E-state index in [-0.39, 0.29) is 24.1 Å². The Morgan fingerprint density at radius 1 is 1.36 bits per heavy atom. The van der Waals surface area contributed by atoms with Crippen LogP contribution in [0.5, 0.6) is 0 Å². The van der Waals surface area contributed by atoms with Gasteiger partial charge in [-0.15, -0.1) is 11.3 Å². The molecule has 1 unspecified atom stereocenters. The Morgan fingerprint density at radius 3 is 2.92 bits per heavy atom. The molecule has 1 atom stereocenters. The summed E-state index contributed by atoms with van der Waals surface area (Å²) >= 11 is 1.19. The molecule has 3 rings (SSSR count). The van der Waals surface area contributed by atoms with Crippen molar-refractivity contribution in [1.82, 2.24) is 10.3 Å².